The van der Waals surface area contributed by atoms with Crippen LogP contribution in [0.15, 0.2) is 36.7 Å². The maximum absolute atomic E-state index is 12.1. The monoisotopic (exact) mass is 313 g/mol. The quantitative estimate of drug-likeness (QED) is 0.811. The first-order valence-corrected chi connectivity index (χ1v) is 8.30. The minimum Gasteiger partial charge on any atom is -0.391 e. The SMILES string of the molecule is O=C(NCC(O)C1CCCCC1)Nc1cccc2cnccc12. The van der Waals surface area contributed by atoms with Crippen LogP contribution in [-0.4, -0.2) is 28.8 Å². The standard InChI is InChI=1S/C18H23N3O2/c22-17(13-5-2-1-3-6-13)12-20-18(23)21-16-8-4-7-14-11-19-10-9-15(14)16/h4,7-11,13,17,22H,1-3,5-6,12H2,(H2,20,21,23). The highest BCUT2D eigenvalue weighted by atomic mass is 16.3. The summed E-state index contributed by atoms with van der Waals surface area (Å²) in [6, 6.07) is 7.29. The van der Waals surface area contributed by atoms with Crippen molar-refractivity contribution >= 4 is 22.5 Å². The number of hydrogen-bond acceptors (Lipinski definition) is 3. The molecule has 0 aliphatic heterocycles. The molecule has 1 saturated carbocycles. The number of pyridine rings is 1. The summed E-state index contributed by atoms with van der Waals surface area (Å²) in [6.45, 7) is 0.294. The summed E-state index contributed by atoms with van der Waals surface area (Å²) in [4.78, 5) is 16.2. The molecule has 1 aliphatic rings. The van der Waals surface area contributed by atoms with E-state index < -0.39 is 6.10 Å². The molecule has 3 N–H and O–H groups in total. The smallest absolute Gasteiger partial charge is 0.319 e. The second-order valence-electron chi connectivity index (χ2n) is 6.20. The molecule has 1 aromatic heterocycles. The van der Waals surface area contributed by atoms with E-state index in [9.17, 15) is 9.90 Å². The number of benzene rings is 1. The van der Waals surface area contributed by atoms with Gasteiger partial charge >= 0.3 is 6.03 Å². The lowest BCUT2D eigenvalue weighted by Crippen LogP contribution is -2.39. The number of urea groups is 1. The van der Waals surface area contributed by atoms with Crippen LogP contribution in [0.2, 0.25) is 0 Å². The van der Waals surface area contributed by atoms with E-state index in [-0.39, 0.29) is 6.03 Å². The highest BCUT2D eigenvalue weighted by Crippen LogP contribution is 2.26. The molecule has 1 atom stereocenters. The van der Waals surface area contributed by atoms with Gasteiger partial charge in [0.15, 0.2) is 0 Å². The fraction of sp³-hybridized carbons (Fsp3) is 0.444. The van der Waals surface area contributed by atoms with Crippen molar-refractivity contribution in [2.75, 3.05) is 11.9 Å². The molecule has 1 aliphatic carbocycles. The Morgan fingerprint density at radius 3 is 2.91 bits per heavy atom. The van der Waals surface area contributed by atoms with Gasteiger partial charge < -0.3 is 15.7 Å². The Morgan fingerprint density at radius 2 is 2.09 bits per heavy atom. The van der Waals surface area contributed by atoms with Crippen LogP contribution in [0.4, 0.5) is 10.5 Å². The second kappa shape index (κ2) is 7.42. The van der Waals surface area contributed by atoms with Gasteiger partial charge in [-0.3, -0.25) is 4.98 Å². The number of nitrogens with one attached hydrogen (secondary N) is 2. The zero-order chi connectivity index (χ0) is 16.1. The van der Waals surface area contributed by atoms with Gasteiger partial charge in [0.05, 0.1) is 11.8 Å². The largest absolute Gasteiger partial charge is 0.391 e. The molecule has 0 saturated heterocycles. The molecule has 1 unspecified atom stereocenters. The summed E-state index contributed by atoms with van der Waals surface area (Å²) < 4.78 is 0. The van der Waals surface area contributed by atoms with Crippen LogP contribution >= 0.6 is 0 Å². The average molecular weight is 313 g/mol. The molecule has 23 heavy (non-hydrogen) atoms. The van der Waals surface area contributed by atoms with E-state index in [4.69, 9.17) is 0 Å². The van der Waals surface area contributed by atoms with E-state index in [0.717, 1.165) is 29.3 Å². The van der Waals surface area contributed by atoms with Crippen molar-refractivity contribution in [1.29, 1.82) is 0 Å². The number of amides is 2. The lowest BCUT2D eigenvalue weighted by Gasteiger charge is -2.26. The zero-order valence-corrected chi connectivity index (χ0v) is 13.2. The molecule has 3 rings (SSSR count). The number of aliphatic hydroxyl groups is 1. The highest BCUT2D eigenvalue weighted by molar-refractivity contribution is 6.01. The number of hydrogen-bond donors (Lipinski definition) is 3. The van der Waals surface area contributed by atoms with Crippen molar-refractivity contribution < 1.29 is 9.90 Å². The van der Waals surface area contributed by atoms with E-state index in [2.05, 4.69) is 15.6 Å². The summed E-state index contributed by atoms with van der Waals surface area (Å²) >= 11 is 0. The first-order chi connectivity index (χ1) is 11.2. The van der Waals surface area contributed by atoms with E-state index in [1.165, 1.54) is 19.3 Å². The van der Waals surface area contributed by atoms with Gasteiger partial charge in [0.25, 0.3) is 0 Å². The lowest BCUT2D eigenvalue weighted by molar-refractivity contribution is 0.0863. The van der Waals surface area contributed by atoms with Crippen molar-refractivity contribution in [3.8, 4) is 0 Å². The summed E-state index contributed by atoms with van der Waals surface area (Å²) in [5, 5.41) is 17.8. The number of anilines is 1. The van der Waals surface area contributed by atoms with Crippen molar-refractivity contribution in [3.05, 3.63) is 36.7 Å². The number of carbonyl (C=O) groups is 1. The number of nitrogens with zero attached hydrogens (tertiary/aromatic N) is 1. The third kappa shape index (κ3) is 3.99. The first kappa shape index (κ1) is 15.7. The van der Waals surface area contributed by atoms with E-state index in [1.807, 2.05) is 24.3 Å². The first-order valence-electron chi connectivity index (χ1n) is 8.30. The highest BCUT2D eigenvalue weighted by Gasteiger charge is 2.22. The van der Waals surface area contributed by atoms with Crippen molar-refractivity contribution in [3.63, 3.8) is 0 Å². The van der Waals surface area contributed by atoms with Crippen LogP contribution in [0.5, 0.6) is 0 Å². The molecule has 1 aromatic carbocycles. The molecule has 0 spiro atoms. The topological polar surface area (TPSA) is 74.2 Å². The number of fused-ring (bicyclic) bond motifs is 1. The van der Waals surface area contributed by atoms with Crippen LogP contribution in [-0.2, 0) is 0 Å². The maximum Gasteiger partial charge on any atom is 0.319 e. The Morgan fingerprint density at radius 1 is 1.26 bits per heavy atom. The zero-order valence-electron chi connectivity index (χ0n) is 13.2. The van der Waals surface area contributed by atoms with Crippen LogP contribution in [0.3, 0.4) is 0 Å². The van der Waals surface area contributed by atoms with Crippen LogP contribution < -0.4 is 10.6 Å². The van der Waals surface area contributed by atoms with Gasteiger partial charge in [-0.25, -0.2) is 4.79 Å². The predicted molar refractivity (Wildman–Crippen MR) is 91.3 cm³/mol. The van der Waals surface area contributed by atoms with Gasteiger partial charge in [-0.2, -0.15) is 0 Å². The number of rotatable bonds is 4. The van der Waals surface area contributed by atoms with Gasteiger partial charge in [0.1, 0.15) is 0 Å². The third-order valence-electron chi connectivity index (χ3n) is 4.59. The Bertz CT molecular complexity index is 663. The molecule has 2 aromatic rings. The Hall–Kier alpha value is -2.14. The fourth-order valence-electron chi connectivity index (χ4n) is 3.28. The van der Waals surface area contributed by atoms with Crippen molar-refractivity contribution in [2.24, 2.45) is 5.92 Å². The maximum atomic E-state index is 12.1. The van der Waals surface area contributed by atoms with E-state index in [1.54, 1.807) is 12.4 Å². The minimum absolute atomic E-state index is 0.288. The molecule has 2 amide bonds. The lowest BCUT2D eigenvalue weighted by atomic mass is 9.85. The van der Waals surface area contributed by atoms with Crippen LogP contribution in [0.1, 0.15) is 32.1 Å². The van der Waals surface area contributed by atoms with Gasteiger partial charge in [-0.1, -0.05) is 31.4 Å². The number of aliphatic hydroxyl groups excluding tert-OH is 1. The molecular weight excluding hydrogens is 290 g/mol. The fourth-order valence-corrected chi connectivity index (χ4v) is 3.28. The molecule has 5 nitrogen and oxygen atoms in total. The summed E-state index contributed by atoms with van der Waals surface area (Å²) in [5.74, 6) is 0.313. The summed E-state index contributed by atoms with van der Waals surface area (Å²) in [6.07, 6.45) is 8.74. The van der Waals surface area contributed by atoms with Gasteiger partial charge in [0.2, 0.25) is 0 Å². The average Bonchev–Trinajstić information content (AvgIpc) is 2.61. The van der Waals surface area contributed by atoms with Gasteiger partial charge in [-0.05, 0) is 30.9 Å². The van der Waals surface area contributed by atoms with Crippen molar-refractivity contribution in [2.45, 2.75) is 38.2 Å². The van der Waals surface area contributed by atoms with Gasteiger partial charge in [-0.15, -0.1) is 0 Å². The Kier molecular flexibility index (Phi) is 5.08. The molecule has 1 heterocycles. The molecular formula is C18H23N3O2. The number of carbonyl (C=O) groups excluding carboxylic acids is 1. The van der Waals surface area contributed by atoms with Crippen LogP contribution in [0, 0.1) is 5.92 Å². The van der Waals surface area contributed by atoms with Crippen molar-refractivity contribution in [1.82, 2.24) is 10.3 Å². The number of aromatic nitrogens is 1. The molecule has 0 radical (unpaired) electrons. The third-order valence-corrected chi connectivity index (χ3v) is 4.59. The van der Waals surface area contributed by atoms with Crippen LogP contribution in [0.25, 0.3) is 10.8 Å². The predicted octanol–water partition coefficient (Wildman–Crippen LogP) is 3.30. The minimum atomic E-state index is -0.460. The second-order valence-corrected chi connectivity index (χ2v) is 6.20. The normalized spacial score (nSPS) is 16.9. The molecule has 0 bridgehead atoms. The summed E-state index contributed by atoms with van der Waals surface area (Å²) in [7, 11) is 0. The Balaban J connectivity index is 1.56. The molecule has 5 heteroatoms. The van der Waals surface area contributed by atoms with E-state index >= 15 is 0 Å². The van der Waals surface area contributed by atoms with E-state index in [0.29, 0.717) is 12.5 Å². The molecule has 122 valence electrons. The summed E-state index contributed by atoms with van der Waals surface area (Å²) in [5.41, 5.74) is 0.745. The molecule has 1 fully saturated rings. The Labute approximate surface area is 136 Å². The van der Waals surface area contributed by atoms with Gasteiger partial charge in [0, 0.05) is 29.7 Å².